The van der Waals surface area contributed by atoms with E-state index < -0.39 is 0 Å². The van der Waals surface area contributed by atoms with E-state index in [2.05, 4.69) is 21.4 Å². The van der Waals surface area contributed by atoms with E-state index in [4.69, 9.17) is 10.6 Å². The molecule has 2 fully saturated rings. The van der Waals surface area contributed by atoms with Gasteiger partial charge in [-0.3, -0.25) is 11.3 Å². The Kier molecular flexibility index (Phi) is 3.40. The van der Waals surface area contributed by atoms with Crippen molar-refractivity contribution >= 4 is 15.9 Å². The summed E-state index contributed by atoms with van der Waals surface area (Å²) in [7, 11) is 0. The minimum atomic E-state index is -0.219. The fraction of sp³-hybridized carbons (Fsp3) is 0.538. The summed E-state index contributed by atoms with van der Waals surface area (Å²) in [6.45, 7) is 0. The van der Waals surface area contributed by atoms with Crippen LogP contribution in [0.5, 0.6) is 0 Å². The quantitative estimate of drug-likeness (QED) is 0.666. The Morgan fingerprint density at radius 2 is 2.28 bits per heavy atom. The number of fused-ring (bicyclic) bond motifs is 2. The van der Waals surface area contributed by atoms with Crippen LogP contribution in [-0.2, 0) is 4.74 Å². The van der Waals surface area contributed by atoms with Crippen molar-refractivity contribution < 1.29 is 9.13 Å². The Morgan fingerprint density at radius 3 is 2.89 bits per heavy atom. The Hall–Kier alpha value is -0.490. The van der Waals surface area contributed by atoms with Crippen molar-refractivity contribution in [1.82, 2.24) is 5.43 Å². The van der Waals surface area contributed by atoms with Crippen LogP contribution in [0.15, 0.2) is 22.7 Å². The molecule has 0 saturated carbocycles. The summed E-state index contributed by atoms with van der Waals surface area (Å²) in [5, 5.41) is 0. The van der Waals surface area contributed by atoms with Gasteiger partial charge in [0.15, 0.2) is 0 Å². The van der Waals surface area contributed by atoms with E-state index in [0.29, 0.717) is 11.7 Å². The van der Waals surface area contributed by atoms with Crippen LogP contribution in [0.2, 0.25) is 0 Å². The molecule has 18 heavy (non-hydrogen) atoms. The predicted octanol–water partition coefficient (Wildman–Crippen LogP) is 2.66. The van der Waals surface area contributed by atoms with Gasteiger partial charge in [0.25, 0.3) is 0 Å². The molecule has 3 N–H and O–H groups in total. The van der Waals surface area contributed by atoms with Crippen LogP contribution in [0.1, 0.15) is 30.9 Å². The molecule has 4 atom stereocenters. The van der Waals surface area contributed by atoms with E-state index in [1.807, 2.05) is 0 Å². The normalized spacial score (nSPS) is 31.8. The smallest absolute Gasteiger partial charge is 0.128 e. The van der Waals surface area contributed by atoms with Gasteiger partial charge < -0.3 is 4.74 Å². The second kappa shape index (κ2) is 4.89. The van der Waals surface area contributed by atoms with E-state index in [1.165, 1.54) is 6.07 Å². The molecule has 1 aromatic carbocycles. The SMILES string of the molecule is NNC(c1cc(Br)ccc1F)C1CC2CCC1O2. The first-order valence-electron chi connectivity index (χ1n) is 6.25. The Labute approximate surface area is 114 Å². The van der Waals surface area contributed by atoms with Gasteiger partial charge in [-0.2, -0.15) is 0 Å². The molecule has 5 heteroatoms. The number of hydrogen-bond acceptors (Lipinski definition) is 3. The lowest BCUT2D eigenvalue weighted by Crippen LogP contribution is -2.38. The molecule has 2 saturated heterocycles. The van der Waals surface area contributed by atoms with Gasteiger partial charge in [0.1, 0.15) is 5.82 Å². The third-order valence-corrected chi connectivity index (χ3v) is 4.55. The first-order chi connectivity index (χ1) is 8.69. The summed E-state index contributed by atoms with van der Waals surface area (Å²) < 4.78 is 20.6. The van der Waals surface area contributed by atoms with E-state index in [-0.39, 0.29) is 23.9 Å². The van der Waals surface area contributed by atoms with Gasteiger partial charge in [-0.05, 0) is 37.5 Å². The number of nitrogens with two attached hydrogens (primary N) is 1. The lowest BCUT2D eigenvalue weighted by Gasteiger charge is -2.28. The molecule has 98 valence electrons. The Balaban J connectivity index is 1.90. The molecule has 2 aliphatic rings. The molecule has 1 aromatic rings. The molecule has 0 aromatic heterocycles. The number of ether oxygens (including phenoxy) is 1. The summed E-state index contributed by atoms with van der Waals surface area (Å²) in [4.78, 5) is 0. The number of nitrogens with one attached hydrogen (secondary N) is 1. The Bertz CT molecular complexity index is 457. The van der Waals surface area contributed by atoms with Crippen LogP contribution in [0.4, 0.5) is 4.39 Å². The Morgan fingerprint density at radius 1 is 1.44 bits per heavy atom. The summed E-state index contributed by atoms with van der Waals surface area (Å²) in [5.41, 5.74) is 3.39. The molecule has 0 aliphatic carbocycles. The average Bonchev–Trinajstić information content (AvgIpc) is 2.97. The highest BCUT2D eigenvalue weighted by Crippen LogP contribution is 2.45. The summed E-state index contributed by atoms with van der Waals surface area (Å²) >= 11 is 3.38. The van der Waals surface area contributed by atoms with E-state index in [1.54, 1.807) is 12.1 Å². The number of halogens is 2. The molecule has 2 heterocycles. The monoisotopic (exact) mass is 314 g/mol. The van der Waals surface area contributed by atoms with Crippen molar-refractivity contribution in [3.63, 3.8) is 0 Å². The standard InChI is InChI=1S/C13H16BrFN2O/c14-7-1-3-11(15)9(5-7)13(17-16)10-6-8-2-4-12(10)18-8/h1,3,5,8,10,12-13,17H,2,4,6,16H2. The van der Waals surface area contributed by atoms with Crippen LogP contribution in [0, 0.1) is 11.7 Å². The highest BCUT2D eigenvalue weighted by atomic mass is 79.9. The molecule has 0 amide bonds. The fourth-order valence-electron chi connectivity index (χ4n) is 3.22. The van der Waals surface area contributed by atoms with Crippen LogP contribution in [0.3, 0.4) is 0 Å². The highest BCUT2D eigenvalue weighted by Gasteiger charge is 2.45. The van der Waals surface area contributed by atoms with E-state index >= 15 is 0 Å². The van der Waals surface area contributed by atoms with Crippen LogP contribution < -0.4 is 11.3 Å². The summed E-state index contributed by atoms with van der Waals surface area (Å²) in [6.07, 6.45) is 3.70. The third-order valence-electron chi connectivity index (χ3n) is 4.05. The topological polar surface area (TPSA) is 47.3 Å². The second-order valence-corrected chi connectivity index (χ2v) is 6.00. The van der Waals surface area contributed by atoms with Gasteiger partial charge in [-0.1, -0.05) is 15.9 Å². The van der Waals surface area contributed by atoms with Crippen molar-refractivity contribution in [2.45, 2.75) is 37.5 Å². The molecule has 3 rings (SSSR count). The zero-order valence-electron chi connectivity index (χ0n) is 9.90. The highest BCUT2D eigenvalue weighted by molar-refractivity contribution is 9.10. The first kappa shape index (κ1) is 12.5. The van der Waals surface area contributed by atoms with E-state index in [0.717, 1.165) is 23.7 Å². The largest absolute Gasteiger partial charge is 0.375 e. The molecule has 4 unspecified atom stereocenters. The van der Waals surface area contributed by atoms with Gasteiger partial charge >= 0.3 is 0 Å². The van der Waals surface area contributed by atoms with Crippen molar-refractivity contribution in [2.24, 2.45) is 11.8 Å². The van der Waals surface area contributed by atoms with Crippen LogP contribution >= 0.6 is 15.9 Å². The summed E-state index contributed by atoms with van der Waals surface area (Å²) in [5.74, 6) is 5.69. The van der Waals surface area contributed by atoms with E-state index in [9.17, 15) is 4.39 Å². The van der Waals surface area contributed by atoms with Crippen molar-refractivity contribution in [1.29, 1.82) is 0 Å². The van der Waals surface area contributed by atoms with Gasteiger partial charge in [0.2, 0.25) is 0 Å². The second-order valence-electron chi connectivity index (χ2n) is 5.08. The summed E-state index contributed by atoms with van der Waals surface area (Å²) in [6, 6.07) is 4.78. The number of hydrogen-bond donors (Lipinski definition) is 2. The van der Waals surface area contributed by atoms with Crippen molar-refractivity contribution in [3.8, 4) is 0 Å². The molecule has 2 bridgehead atoms. The zero-order chi connectivity index (χ0) is 12.7. The van der Waals surface area contributed by atoms with Crippen molar-refractivity contribution in [3.05, 3.63) is 34.1 Å². The van der Waals surface area contributed by atoms with Gasteiger partial charge in [0.05, 0.1) is 18.2 Å². The van der Waals surface area contributed by atoms with Crippen molar-refractivity contribution in [2.75, 3.05) is 0 Å². The minimum Gasteiger partial charge on any atom is -0.375 e. The number of rotatable bonds is 3. The maximum absolute atomic E-state index is 13.9. The van der Waals surface area contributed by atoms with Gasteiger partial charge in [0, 0.05) is 16.0 Å². The number of hydrazine groups is 1. The van der Waals surface area contributed by atoms with Crippen LogP contribution in [0.25, 0.3) is 0 Å². The lowest BCUT2D eigenvalue weighted by atomic mass is 9.81. The van der Waals surface area contributed by atoms with Gasteiger partial charge in [-0.15, -0.1) is 0 Å². The molecular weight excluding hydrogens is 299 g/mol. The van der Waals surface area contributed by atoms with Crippen LogP contribution in [-0.4, -0.2) is 12.2 Å². The fourth-order valence-corrected chi connectivity index (χ4v) is 3.60. The molecule has 0 radical (unpaired) electrons. The maximum atomic E-state index is 13.9. The van der Waals surface area contributed by atoms with Gasteiger partial charge in [-0.25, -0.2) is 4.39 Å². The maximum Gasteiger partial charge on any atom is 0.128 e. The first-order valence-corrected chi connectivity index (χ1v) is 7.05. The lowest BCUT2D eigenvalue weighted by molar-refractivity contribution is 0.0854. The minimum absolute atomic E-state index is 0.183. The third kappa shape index (κ3) is 2.09. The average molecular weight is 315 g/mol. The molecule has 2 aliphatic heterocycles. The molecular formula is C13H16BrFN2O. The predicted molar refractivity (Wildman–Crippen MR) is 70.2 cm³/mol. The molecule has 3 nitrogen and oxygen atoms in total. The zero-order valence-corrected chi connectivity index (χ0v) is 11.5. The molecule has 0 spiro atoms. The number of benzene rings is 1.